The Labute approximate surface area is 93.0 Å². The zero-order chi connectivity index (χ0) is 10.6. The minimum atomic E-state index is 0.0429. The monoisotopic (exact) mass is 218 g/mol. The predicted molar refractivity (Wildman–Crippen MR) is 63.1 cm³/mol. The van der Waals surface area contributed by atoms with Gasteiger partial charge < -0.3 is 10.2 Å². The molecule has 1 aliphatic heterocycles. The van der Waals surface area contributed by atoms with E-state index >= 15 is 0 Å². The third-order valence-electron chi connectivity index (χ3n) is 3.20. The molecule has 0 aromatic heterocycles. The van der Waals surface area contributed by atoms with Crippen LogP contribution in [0.1, 0.15) is 33.6 Å². The van der Waals surface area contributed by atoms with Gasteiger partial charge in [0.15, 0.2) is 0 Å². The lowest BCUT2D eigenvalue weighted by Crippen LogP contribution is -2.48. The second-order valence-electron chi connectivity index (χ2n) is 4.81. The molecule has 1 aliphatic rings. The van der Waals surface area contributed by atoms with Gasteiger partial charge in [-0.3, -0.25) is 0 Å². The van der Waals surface area contributed by atoms with Gasteiger partial charge in [-0.05, 0) is 46.7 Å². The van der Waals surface area contributed by atoms with Crippen molar-refractivity contribution < 1.29 is 0 Å². The van der Waals surface area contributed by atoms with Crippen molar-refractivity contribution >= 4 is 11.6 Å². The van der Waals surface area contributed by atoms with Gasteiger partial charge in [-0.25, -0.2) is 0 Å². The standard InChI is InChI=1S/C11H23ClN2/c1-10(12)11(2,3)13-6-9-14-7-4-5-8-14/h10,13H,4-9H2,1-3H3. The van der Waals surface area contributed by atoms with Crippen molar-refractivity contribution in [2.45, 2.75) is 44.5 Å². The summed E-state index contributed by atoms with van der Waals surface area (Å²) in [6, 6.07) is 0. The molecule has 0 amide bonds. The summed E-state index contributed by atoms with van der Waals surface area (Å²) >= 11 is 6.09. The van der Waals surface area contributed by atoms with Crippen LogP contribution in [0, 0.1) is 0 Å². The Morgan fingerprint density at radius 3 is 2.43 bits per heavy atom. The molecule has 0 aromatic rings. The lowest BCUT2D eigenvalue weighted by atomic mass is 10.0. The largest absolute Gasteiger partial charge is 0.309 e. The first-order valence-electron chi connectivity index (χ1n) is 5.64. The van der Waals surface area contributed by atoms with E-state index < -0.39 is 0 Å². The molecular formula is C11H23ClN2. The topological polar surface area (TPSA) is 15.3 Å². The summed E-state index contributed by atoms with van der Waals surface area (Å²) in [6.07, 6.45) is 2.74. The van der Waals surface area contributed by atoms with Gasteiger partial charge in [0.1, 0.15) is 0 Å². The molecule has 1 N–H and O–H groups in total. The fraction of sp³-hybridized carbons (Fsp3) is 1.00. The zero-order valence-electron chi connectivity index (χ0n) is 9.65. The van der Waals surface area contributed by atoms with Gasteiger partial charge in [0.05, 0.1) is 0 Å². The van der Waals surface area contributed by atoms with Gasteiger partial charge in [-0.15, -0.1) is 11.6 Å². The fourth-order valence-corrected chi connectivity index (χ4v) is 1.76. The number of halogens is 1. The highest BCUT2D eigenvalue weighted by Crippen LogP contribution is 2.14. The molecular weight excluding hydrogens is 196 g/mol. The molecule has 0 aromatic carbocycles. The molecule has 14 heavy (non-hydrogen) atoms. The predicted octanol–water partition coefficient (Wildman–Crippen LogP) is 2.08. The number of alkyl halides is 1. The van der Waals surface area contributed by atoms with Crippen LogP contribution in [0.2, 0.25) is 0 Å². The molecule has 0 aliphatic carbocycles. The van der Waals surface area contributed by atoms with Crippen molar-refractivity contribution in [1.29, 1.82) is 0 Å². The second kappa shape index (κ2) is 5.34. The molecule has 1 atom stereocenters. The fourth-order valence-electron chi connectivity index (χ4n) is 1.68. The molecule has 0 radical (unpaired) electrons. The number of hydrogen-bond donors (Lipinski definition) is 1. The Morgan fingerprint density at radius 1 is 1.36 bits per heavy atom. The molecule has 0 bridgehead atoms. The van der Waals surface area contributed by atoms with E-state index in [4.69, 9.17) is 11.6 Å². The number of hydrogen-bond acceptors (Lipinski definition) is 2. The van der Waals surface area contributed by atoms with Crippen LogP contribution in [0.25, 0.3) is 0 Å². The van der Waals surface area contributed by atoms with Crippen LogP contribution in [-0.2, 0) is 0 Å². The van der Waals surface area contributed by atoms with E-state index in [0.29, 0.717) is 0 Å². The van der Waals surface area contributed by atoms with Gasteiger partial charge in [-0.2, -0.15) is 0 Å². The van der Waals surface area contributed by atoms with E-state index in [1.165, 1.54) is 25.9 Å². The van der Waals surface area contributed by atoms with Crippen molar-refractivity contribution in [1.82, 2.24) is 10.2 Å². The first-order valence-corrected chi connectivity index (χ1v) is 6.07. The third kappa shape index (κ3) is 3.76. The van der Waals surface area contributed by atoms with Crippen molar-refractivity contribution in [3.63, 3.8) is 0 Å². The van der Waals surface area contributed by atoms with Gasteiger partial charge in [0.2, 0.25) is 0 Å². The van der Waals surface area contributed by atoms with E-state index in [-0.39, 0.29) is 10.9 Å². The van der Waals surface area contributed by atoms with Crippen LogP contribution in [0.3, 0.4) is 0 Å². The number of likely N-dealkylation sites (tertiary alicyclic amines) is 1. The minimum Gasteiger partial charge on any atom is -0.309 e. The summed E-state index contributed by atoms with van der Waals surface area (Å²) in [4.78, 5) is 2.52. The van der Waals surface area contributed by atoms with E-state index in [9.17, 15) is 0 Å². The minimum absolute atomic E-state index is 0.0429. The highest BCUT2D eigenvalue weighted by molar-refractivity contribution is 6.21. The van der Waals surface area contributed by atoms with E-state index in [2.05, 4.69) is 24.1 Å². The highest BCUT2D eigenvalue weighted by atomic mass is 35.5. The summed E-state index contributed by atoms with van der Waals surface area (Å²) in [5, 5.41) is 3.68. The van der Waals surface area contributed by atoms with E-state index in [1.807, 2.05) is 6.92 Å². The third-order valence-corrected chi connectivity index (χ3v) is 3.75. The Morgan fingerprint density at radius 2 is 1.93 bits per heavy atom. The smallest absolute Gasteiger partial charge is 0.0484 e. The average Bonchev–Trinajstić information content (AvgIpc) is 2.56. The summed E-state index contributed by atoms with van der Waals surface area (Å²) < 4.78 is 0. The van der Waals surface area contributed by atoms with Crippen molar-refractivity contribution in [2.24, 2.45) is 0 Å². The molecule has 0 spiro atoms. The van der Waals surface area contributed by atoms with Crippen LogP contribution in [0.4, 0.5) is 0 Å². The van der Waals surface area contributed by atoms with Crippen LogP contribution >= 0.6 is 11.6 Å². The average molecular weight is 219 g/mol. The quantitative estimate of drug-likeness (QED) is 0.711. The zero-order valence-corrected chi connectivity index (χ0v) is 10.4. The number of nitrogens with one attached hydrogen (secondary N) is 1. The second-order valence-corrected chi connectivity index (χ2v) is 5.47. The molecule has 1 heterocycles. The maximum atomic E-state index is 6.09. The molecule has 2 nitrogen and oxygen atoms in total. The Hall–Kier alpha value is 0.210. The SMILES string of the molecule is CC(Cl)C(C)(C)NCCN1CCCC1. The Bertz CT molecular complexity index is 163. The molecule has 1 unspecified atom stereocenters. The van der Waals surface area contributed by atoms with Crippen LogP contribution < -0.4 is 5.32 Å². The lowest BCUT2D eigenvalue weighted by molar-refractivity contribution is 0.302. The molecule has 0 saturated carbocycles. The molecule has 1 rings (SSSR count). The summed E-state index contributed by atoms with van der Waals surface area (Å²) in [7, 11) is 0. The summed E-state index contributed by atoms with van der Waals surface area (Å²) in [5.74, 6) is 0. The van der Waals surface area contributed by atoms with E-state index in [0.717, 1.165) is 13.1 Å². The van der Waals surface area contributed by atoms with Crippen molar-refractivity contribution in [3.05, 3.63) is 0 Å². The normalized spacial score (nSPS) is 21.4. The Balaban J connectivity index is 2.13. The maximum absolute atomic E-state index is 6.09. The van der Waals surface area contributed by atoms with Crippen molar-refractivity contribution in [3.8, 4) is 0 Å². The summed E-state index contributed by atoms with van der Waals surface area (Å²) in [5.41, 5.74) is 0.0429. The lowest BCUT2D eigenvalue weighted by Gasteiger charge is -2.30. The first-order chi connectivity index (χ1) is 6.52. The van der Waals surface area contributed by atoms with Gasteiger partial charge >= 0.3 is 0 Å². The molecule has 1 saturated heterocycles. The van der Waals surface area contributed by atoms with Crippen LogP contribution in [0.15, 0.2) is 0 Å². The van der Waals surface area contributed by atoms with Gasteiger partial charge in [0.25, 0.3) is 0 Å². The van der Waals surface area contributed by atoms with Gasteiger partial charge in [-0.1, -0.05) is 0 Å². The van der Waals surface area contributed by atoms with Crippen LogP contribution in [-0.4, -0.2) is 42.0 Å². The molecule has 3 heteroatoms. The molecule has 1 fully saturated rings. The van der Waals surface area contributed by atoms with E-state index in [1.54, 1.807) is 0 Å². The highest BCUT2D eigenvalue weighted by Gasteiger charge is 2.23. The Kier molecular flexibility index (Phi) is 4.68. The number of nitrogens with zero attached hydrogens (tertiary/aromatic N) is 1. The maximum Gasteiger partial charge on any atom is 0.0484 e. The number of rotatable bonds is 5. The first kappa shape index (κ1) is 12.3. The molecule has 84 valence electrons. The van der Waals surface area contributed by atoms with Crippen LogP contribution in [0.5, 0.6) is 0 Å². The van der Waals surface area contributed by atoms with Crippen molar-refractivity contribution in [2.75, 3.05) is 26.2 Å². The summed E-state index contributed by atoms with van der Waals surface area (Å²) in [6.45, 7) is 11.1. The van der Waals surface area contributed by atoms with Gasteiger partial charge in [0, 0.05) is 24.0 Å².